The zero-order chi connectivity index (χ0) is 14.7. The van der Waals surface area contributed by atoms with Gasteiger partial charge < -0.3 is 14.5 Å². The van der Waals surface area contributed by atoms with Crippen LogP contribution in [0.15, 0.2) is 24.3 Å². The lowest BCUT2D eigenvalue weighted by molar-refractivity contribution is 0.0697. The first-order chi connectivity index (χ1) is 10.2. The second-order valence-corrected chi connectivity index (χ2v) is 6.12. The molecule has 4 nitrogen and oxygen atoms in total. The van der Waals surface area contributed by atoms with Crippen molar-refractivity contribution in [1.29, 1.82) is 0 Å². The highest BCUT2D eigenvalue weighted by Crippen LogP contribution is 2.20. The van der Waals surface area contributed by atoms with E-state index in [0.717, 1.165) is 63.7 Å². The molecular weight excluding hydrogens is 264 g/mol. The molecular formula is C17H24N2O2. The van der Waals surface area contributed by atoms with Crippen LogP contribution in [-0.2, 0) is 4.74 Å². The number of morpholine rings is 1. The molecule has 2 aliphatic heterocycles. The van der Waals surface area contributed by atoms with E-state index in [9.17, 15) is 4.79 Å². The lowest BCUT2D eigenvalue weighted by Gasteiger charge is -2.31. The van der Waals surface area contributed by atoms with Gasteiger partial charge in [-0.1, -0.05) is 6.92 Å². The topological polar surface area (TPSA) is 32.8 Å². The summed E-state index contributed by atoms with van der Waals surface area (Å²) in [5.74, 6) is 0.924. The molecule has 4 heteroatoms. The molecule has 0 unspecified atom stereocenters. The van der Waals surface area contributed by atoms with Crippen molar-refractivity contribution >= 4 is 11.6 Å². The molecule has 21 heavy (non-hydrogen) atoms. The Hall–Kier alpha value is -1.55. The Labute approximate surface area is 126 Å². The molecule has 2 heterocycles. The Morgan fingerprint density at radius 2 is 1.67 bits per heavy atom. The summed E-state index contributed by atoms with van der Waals surface area (Å²) in [7, 11) is 0. The quantitative estimate of drug-likeness (QED) is 0.838. The number of hydrogen-bond acceptors (Lipinski definition) is 3. The first-order valence-corrected chi connectivity index (χ1v) is 7.96. The minimum Gasteiger partial charge on any atom is -0.378 e. The van der Waals surface area contributed by atoms with E-state index in [1.165, 1.54) is 5.69 Å². The van der Waals surface area contributed by atoms with Crippen molar-refractivity contribution in [3.63, 3.8) is 0 Å². The van der Waals surface area contributed by atoms with Gasteiger partial charge in [0.2, 0.25) is 0 Å². The SMILES string of the molecule is CC1CCN(C(=O)c2ccc(N3CCOCC3)cc2)CC1. The van der Waals surface area contributed by atoms with Crippen LogP contribution in [0.25, 0.3) is 0 Å². The number of nitrogens with zero attached hydrogens (tertiary/aromatic N) is 2. The fourth-order valence-corrected chi connectivity index (χ4v) is 3.03. The van der Waals surface area contributed by atoms with Crippen LogP contribution in [0, 0.1) is 5.92 Å². The van der Waals surface area contributed by atoms with E-state index in [0.29, 0.717) is 0 Å². The summed E-state index contributed by atoms with van der Waals surface area (Å²) in [5, 5.41) is 0. The molecule has 1 aromatic carbocycles. The molecule has 0 spiro atoms. The smallest absolute Gasteiger partial charge is 0.253 e. The van der Waals surface area contributed by atoms with Crippen molar-refractivity contribution in [3.8, 4) is 0 Å². The van der Waals surface area contributed by atoms with Gasteiger partial charge in [-0.15, -0.1) is 0 Å². The number of likely N-dealkylation sites (tertiary alicyclic amines) is 1. The normalized spacial score (nSPS) is 20.6. The third-order valence-electron chi connectivity index (χ3n) is 4.56. The summed E-state index contributed by atoms with van der Waals surface area (Å²) in [6, 6.07) is 8.05. The highest BCUT2D eigenvalue weighted by atomic mass is 16.5. The van der Waals surface area contributed by atoms with Crippen LogP contribution >= 0.6 is 0 Å². The minimum absolute atomic E-state index is 0.176. The van der Waals surface area contributed by atoms with E-state index in [4.69, 9.17) is 4.74 Å². The third-order valence-corrected chi connectivity index (χ3v) is 4.56. The molecule has 0 aromatic heterocycles. The predicted octanol–water partition coefficient (Wildman–Crippen LogP) is 2.40. The molecule has 114 valence electrons. The van der Waals surface area contributed by atoms with E-state index in [2.05, 4.69) is 24.0 Å². The van der Waals surface area contributed by atoms with Gasteiger partial charge in [-0.3, -0.25) is 4.79 Å². The van der Waals surface area contributed by atoms with E-state index >= 15 is 0 Å². The van der Waals surface area contributed by atoms with E-state index in [1.54, 1.807) is 0 Å². The van der Waals surface area contributed by atoms with Gasteiger partial charge in [0.25, 0.3) is 5.91 Å². The molecule has 2 aliphatic rings. The maximum Gasteiger partial charge on any atom is 0.253 e. The van der Waals surface area contributed by atoms with Crippen molar-refractivity contribution in [1.82, 2.24) is 4.90 Å². The van der Waals surface area contributed by atoms with Crippen molar-refractivity contribution < 1.29 is 9.53 Å². The molecule has 0 bridgehead atoms. The number of carbonyl (C=O) groups is 1. The van der Waals surface area contributed by atoms with E-state index in [1.807, 2.05) is 17.0 Å². The molecule has 3 rings (SSSR count). The van der Waals surface area contributed by atoms with Crippen LogP contribution in [0.2, 0.25) is 0 Å². The van der Waals surface area contributed by atoms with Crippen molar-refractivity contribution in [2.45, 2.75) is 19.8 Å². The average molecular weight is 288 g/mol. The maximum absolute atomic E-state index is 12.5. The van der Waals surface area contributed by atoms with Gasteiger partial charge >= 0.3 is 0 Å². The summed E-state index contributed by atoms with van der Waals surface area (Å²) >= 11 is 0. The average Bonchev–Trinajstić information content (AvgIpc) is 2.56. The Morgan fingerprint density at radius 3 is 2.29 bits per heavy atom. The summed E-state index contributed by atoms with van der Waals surface area (Å²) < 4.78 is 5.37. The Morgan fingerprint density at radius 1 is 1.05 bits per heavy atom. The van der Waals surface area contributed by atoms with Gasteiger partial charge in [-0.25, -0.2) is 0 Å². The minimum atomic E-state index is 0.176. The summed E-state index contributed by atoms with van der Waals surface area (Å²) in [6.07, 6.45) is 2.25. The molecule has 0 saturated carbocycles. The number of hydrogen-bond donors (Lipinski definition) is 0. The fraction of sp³-hybridized carbons (Fsp3) is 0.588. The van der Waals surface area contributed by atoms with Crippen LogP contribution in [0.3, 0.4) is 0 Å². The highest BCUT2D eigenvalue weighted by Gasteiger charge is 2.21. The zero-order valence-corrected chi connectivity index (χ0v) is 12.8. The van der Waals surface area contributed by atoms with Crippen molar-refractivity contribution in [3.05, 3.63) is 29.8 Å². The molecule has 1 aromatic rings. The summed E-state index contributed by atoms with van der Waals surface area (Å²) in [5.41, 5.74) is 1.99. The van der Waals surface area contributed by atoms with Crippen LogP contribution in [0.4, 0.5) is 5.69 Å². The van der Waals surface area contributed by atoms with Crippen LogP contribution < -0.4 is 4.90 Å². The summed E-state index contributed by atoms with van der Waals surface area (Å²) in [4.78, 5) is 16.8. The van der Waals surface area contributed by atoms with Gasteiger partial charge in [0.15, 0.2) is 0 Å². The zero-order valence-electron chi connectivity index (χ0n) is 12.8. The molecule has 0 N–H and O–H groups in total. The monoisotopic (exact) mass is 288 g/mol. The molecule has 0 radical (unpaired) electrons. The lowest BCUT2D eigenvalue weighted by Crippen LogP contribution is -2.38. The Balaban J connectivity index is 1.64. The number of rotatable bonds is 2. The molecule has 0 aliphatic carbocycles. The van der Waals surface area contributed by atoms with Crippen LogP contribution in [0.1, 0.15) is 30.1 Å². The van der Waals surface area contributed by atoms with Gasteiger partial charge in [-0.05, 0) is 43.0 Å². The molecule has 1 amide bonds. The Kier molecular flexibility index (Phi) is 4.44. The number of ether oxygens (including phenoxy) is 1. The first kappa shape index (κ1) is 14.4. The van der Waals surface area contributed by atoms with Gasteiger partial charge in [0.1, 0.15) is 0 Å². The van der Waals surface area contributed by atoms with Crippen LogP contribution in [-0.4, -0.2) is 50.2 Å². The fourth-order valence-electron chi connectivity index (χ4n) is 3.03. The number of piperidine rings is 1. The van der Waals surface area contributed by atoms with E-state index < -0.39 is 0 Å². The lowest BCUT2D eigenvalue weighted by atomic mass is 9.98. The van der Waals surface area contributed by atoms with Crippen molar-refractivity contribution in [2.75, 3.05) is 44.3 Å². The second kappa shape index (κ2) is 6.48. The maximum atomic E-state index is 12.5. The predicted molar refractivity (Wildman–Crippen MR) is 83.8 cm³/mol. The largest absolute Gasteiger partial charge is 0.378 e. The molecule has 2 fully saturated rings. The molecule has 2 saturated heterocycles. The number of benzene rings is 1. The number of amides is 1. The molecule has 0 atom stereocenters. The van der Waals surface area contributed by atoms with Gasteiger partial charge in [-0.2, -0.15) is 0 Å². The second-order valence-electron chi connectivity index (χ2n) is 6.12. The van der Waals surface area contributed by atoms with Crippen molar-refractivity contribution in [2.24, 2.45) is 5.92 Å². The number of anilines is 1. The number of carbonyl (C=O) groups excluding carboxylic acids is 1. The van der Waals surface area contributed by atoms with Crippen LogP contribution in [0.5, 0.6) is 0 Å². The Bertz CT molecular complexity index is 472. The van der Waals surface area contributed by atoms with Gasteiger partial charge in [0, 0.05) is 37.4 Å². The standard InChI is InChI=1S/C17H24N2O2/c1-14-6-8-19(9-7-14)17(20)15-2-4-16(5-3-15)18-10-12-21-13-11-18/h2-5,14H,6-13H2,1H3. The third kappa shape index (κ3) is 3.38. The highest BCUT2D eigenvalue weighted by molar-refractivity contribution is 5.94. The van der Waals surface area contributed by atoms with Gasteiger partial charge in [0.05, 0.1) is 13.2 Å². The van der Waals surface area contributed by atoms with E-state index in [-0.39, 0.29) is 5.91 Å². The first-order valence-electron chi connectivity index (χ1n) is 7.96. The summed E-state index contributed by atoms with van der Waals surface area (Å²) in [6.45, 7) is 7.48.